The van der Waals surface area contributed by atoms with Crippen molar-refractivity contribution in [2.75, 3.05) is 13.1 Å². The average Bonchev–Trinajstić information content (AvgIpc) is 2.66. The number of hydrogen-bond donors (Lipinski definition) is 1. The summed E-state index contributed by atoms with van der Waals surface area (Å²) in [6, 6.07) is 0. The number of aromatic nitrogens is 3. The SMILES string of the molecule is Cc1nc2cnccn2c1C1CCCNC1. The molecule has 0 saturated carbocycles. The molecule has 1 saturated heterocycles. The van der Waals surface area contributed by atoms with Crippen LogP contribution in [-0.2, 0) is 0 Å². The molecule has 2 aromatic rings. The zero-order valence-electron chi connectivity index (χ0n) is 9.48. The second-order valence-corrected chi connectivity index (χ2v) is 4.43. The zero-order valence-corrected chi connectivity index (χ0v) is 9.48. The van der Waals surface area contributed by atoms with E-state index in [4.69, 9.17) is 0 Å². The minimum atomic E-state index is 0.589. The molecule has 1 atom stereocenters. The van der Waals surface area contributed by atoms with Gasteiger partial charge in [0.2, 0.25) is 0 Å². The van der Waals surface area contributed by atoms with Crippen molar-refractivity contribution < 1.29 is 0 Å². The van der Waals surface area contributed by atoms with E-state index in [1.54, 1.807) is 0 Å². The fourth-order valence-electron chi connectivity index (χ4n) is 2.62. The van der Waals surface area contributed by atoms with Gasteiger partial charge in [0.05, 0.1) is 11.9 Å². The van der Waals surface area contributed by atoms with Crippen molar-refractivity contribution in [3.05, 3.63) is 30.0 Å². The van der Waals surface area contributed by atoms with Crippen LogP contribution in [0.3, 0.4) is 0 Å². The van der Waals surface area contributed by atoms with Crippen LogP contribution in [0.2, 0.25) is 0 Å². The molecule has 1 N–H and O–H groups in total. The maximum Gasteiger partial charge on any atom is 0.155 e. The number of piperidine rings is 1. The molecule has 3 rings (SSSR count). The van der Waals surface area contributed by atoms with Gasteiger partial charge in [-0.25, -0.2) is 4.98 Å². The Morgan fingerprint density at radius 2 is 2.44 bits per heavy atom. The fourth-order valence-corrected chi connectivity index (χ4v) is 2.62. The quantitative estimate of drug-likeness (QED) is 0.785. The predicted octanol–water partition coefficient (Wildman–Crippen LogP) is 1.50. The number of imidazole rings is 1. The summed E-state index contributed by atoms with van der Waals surface area (Å²) in [5.41, 5.74) is 3.45. The van der Waals surface area contributed by atoms with Crippen LogP contribution in [0.1, 0.15) is 30.1 Å². The van der Waals surface area contributed by atoms with Gasteiger partial charge in [-0.3, -0.25) is 4.98 Å². The van der Waals surface area contributed by atoms with Gasteiger partial charge in [-0.2, -0.15) is 0 Å². The van der Waals surface area contributed by atoms with Crippen molar-refractivity contribution in [3.63, 3.8) is 0 Å². The summed E-state index contributed by atoms with van der Waals surface area (Å²) < 4.78 is 2.18. The molecule has 1 aliphatic heterocycles. The van der Waals surface area contributed by atoms with Crippen molar-refractivity contribution in [3.8, 4) is 0 Å². The molecule has 0 aliphatic carbocycles. The van der Waals surface area contributed by atoms with E-state index in [0.29, 0.717) is 5.92 Å². The smallest absolute Gasteiger partial charge is 0.155 e. The summed E-state index contributed by atoms with van der Waals surface area (Å²) >= 11 is 0. The number of nitrogens with zero attached hydrogens (tertiary/aromatic N) is 3. The highest BCUT2D eigenvalue weighted by Gasteiger charge is 2.21. The molecule has 1 unspecified atom stereocenters. The van der Waals surface area contributed by atoms with Gasteiger partial charge in [0, 0.05) is 30.6 Å². The molecule has 1 aliphatic rings. The van der Waals surface area contributed by atoms with E-state index in [2.05, 4.69) is 26.6 Å². The summed E-state index contributed by atoms with van der Waals surface area (Å²) in [4.78, 5) is 8.67. The van der Waals surface area contributed by atoms with Gasteiger partial charge < -0.3 is 9.72 Å². The fraction of sp³-hybridized carbons (Fsp3) is 0.500. The monoisotopic (exact) mass is 216 g/mol. The zero-order chi connectivity index (χ0) is 11.0. The van der Waals surface area contributed by atoms with Gasteiger partial charge in [-0.05, 0) is 26.3 Å². The number of fused-ring (bicyclic) bond motifs is 1. The Morgan fingerprint density at radius 3 is 3.25 bits per heavy atom. The van der Waals surface area contributed by atoms with Crippen molar-refractivity contribution in [2.24, 2.45) is 0 Å². The lowest BCUT2D eigenvalue weighted by Crippen LogP contribution is -2.29. The lowest BCUT2D eigenvalue weighted by atomic mass is 9.95. The second-order valence-electron chi connectivity index (χ2n) is 4.43. The first-order valence-electron chi connectivity index (χ1n) is 5.85. The van der Waals surface area contributed by atoms with E-state index in [1.807, 2.05) is 18.6 Å². The molecular weight excluding hydrogens is 200 g/mol. The van der Waals surface area contributed by atoms with Gasteiger partial charge in [0.1, 0.15) is 0 Å². The van der Waals surface area contributed by atoms with Crippen molar-refractivity contribution in [1.29, 1.82) is 0 Å². The minimum absolute atomic E-state index is 0.589. The average molecular weight is 216 g/mol. The molecule has 0 amide bonds. The molecular formula is C12H16N4. The van der Waals surface area contributed by atoms with E-state index in [9.17, 15) is 0 Å². The van der Waals surface area contributed by atoms with Crippen LogP contribution < -0.4 is 5.32 Å². The van der Waals surface area contributed by atoms with Crippen molar-refractivity contribution >= 4 is 5.65 Å². The topological polar surface area (TPSA) is 42.2 Å². The Labute approximate surface area is 94.7 Å². The number of nitrogens with one attached hydrogen (secondary N) is 1. The van der Waals surface area contributed by atoms with Crippen LogP contribution in [0.5, 0.6) is 0 Å². The largest absolute Gasteiger partial charge is 0.316 e. The van der Waals surface area contributed by atoms with Crippen LogP contribution in [0.25, 0.3) is 5.65 Å². The summed E-state index contributed by atoms with van der Waals surface area (Å²) in [6.07, 6.45) is 8.17. The highest BCUT2D eigenvalue weighted by molar-refractivity contribution is 5.41. The molecule has 4 nitrogen and oxygen atoms in total. The molecule has 3 heterocycles. The Hall–Kier alpha value is -1.42. The highest BCUT2D eigenvalue weighted by Crippen LogP contribution is 2.26. The first-order chi connectivity index (χ1) is 7.86. The Kier molecular flexibility index (Phi) is 2.36. The minimum Gasteiger partial charge on any atom is -0.316 e. The third-order valence-corrected chi connectivity index (χ3v) is 3.33. The van der Waals surface area contributed by atoms with Crippen LogP contribution >= 0.6 is 0 Å². The lowest BCUT2D eigenvalue weighted by molar-refractivity contribution is 0.451. The number of hydrogen-bond acceptors (Lipinski definition) is 3. The first kappa shape index (κ1) is 9.78. The molecule has 1 fully saturated rings. The standard InChI is InChI=1S/C12H16N4/c1-9-12(10-3-2-4-13-7-10)16-6-5-14-8-11(16)15-9/h5-6,8,10,13H,2-4,7H2,1H3. The van der Waals surface area contributed by atoms with Crippen LogP contribution in [-0.4, -0.2) is 27.5 Å². The van der Waals surface area contributed by atoms with Crippen molar-refractivity contribution in [2.45, 2.75) is 25.7 Å². The Morgan fingerprint density at radius 1 is 1.50 bits per heavy atom. The summed E-state index contributed by atoms with van der Waals surface area (Å²) in [7, 11) is 0. The van der Waals surface area contributed by atoms with Crippen molar-refractivity contribution in [1.82, 2.24) is 19.7 Å². The Bertz CT molecular complexity index is 497. The molecule has 0 spiro atoms. The van der Waals surface area contributed by atoms with E-state index < -0.39 is 0 Å². The van der Waals surface area contributed by atoms with Gasteiger partial charge in [-0.1, -0.05) is 0 Å². The van der Waals surface area contributed by atoms with Gasteiger partial charge in [0.15, 0.2) is 5.65 Å². The molecule has 0 bridgehead atoms. The molecule has 0 radical (unpaired) electrons. The second kappa shape index (κ2) is 3.87. The third kappa shape index (κ3) is 1.50. The third-order valence-electron chi connectivity index (χ3n) is 3.33. The summed E-state index contributed by atoms with van der Waals surface area (Å²) in [5, 5.41) is 3.46. The summed E-state index contributed by atoms with van der Waals surface area (Å²) in [6.45, 7) is 4.31. The van der Waals surface area contributed by atoms with Gasteiger partial charge in [-0.15, -0.1) is 0 Å². The van der Waals surface area contributed by atoms with E-state index in [-0.39, 0.29) is 0 Å². The Balaban J connectivity index is 2.10. The molecule has 2 aromatic heterocycles. The predicted molar refractivity (Wildman–Crippen MR) is 62.6 cm³/mol. The van der Waals surface area contributed by atoms with Gasteiger partial charge >= 0.3 is 0 Å². The van der Waals surface area contributed by atoms with E-state index >= 15 is 0 Å². The van der Waals surface area contributed by atoms with Gasteiger partial charge in [0.25, 0.3) is 0 Å². The maximum atomic E-state index is 4.56. The molecule has 4 heteroatoms. The number of rotatable bonds is 1. The highest BCUT2D eigenvalue weighted by atomic mass is 15.0. The normalized spacial score (nSPS) is 21.4. The number of aryl methyl sites for hydroxylation is 1. The summed E-state index contributed by atoms with van der Waals surface area (Å²) in [5.74, 6) is 0.589. The van der Waals surface area contributed by atoms with E-state index in [1.165, 1.54) is 18.5 Å². The maximum absolute atomic E-state index is 4.56. The molecule has 84 valence electrons. The molecule has 16 heavy (non-hydrogen) atoms. The lowest BCUT2D eigenvalue weighted by Gasteiger charge is -2.23. The van der Waals surface area contributed by atoms with Crippen LogP contribution in [0.4, 0.5) is 0 Å². The van der Waals surface area contributed by atoms with Crippen LogP contribution in [0.15, 0.2) is 18.6 Å². The van der Waals surface area contributed by atoms with Crippen LogP contribution in [0, 0.1) is 6.92 Å². The first-order valence-corrected chi connectivity index (χ1v) is 5.85. The van der Waals surface area contributed by atoms with E-state index in [0.717, 1.165) is 24.4 Å². The molecule has 0 aromatic carbocycles.